The highest BCUT2D eigenvalue weighted by Crippen LogP contribution is 2.26. The van der Waals surface area contributed by atoms with Crippen LogP contribution in [0, 0.1) is 0 Å². The molecule has 7 nitrogen and oxygen atoms in total. The second-order valence-corrected chi connectivity index (χ2v) is 7.37. The number of rotatable bonds is 6. The molecule has 0 saturated carbocycles. The average molecular weight is 379 g/mol. The lowest BCUT2D eigenvalue weighted by Crippen LogP contribution is -2.40. The van der Waals surface area contributed by atoms with Crippen molar-refractivity contribution in [1.82, 2.24) is 25.4 Å². The second kappa shape index (κ2) is 8.39. The molecule has 1 N–H and O–H groups in total. The van der Waals surface area contributed by atoms with Gasteiger partial charge < -0.3 is 15.1 Å². The van der Waals surface area contributed by atoms with Crippen molar-refractivity contribution in [2.24, 2.45) is 0 Å². The first-order chi connectivity index (χ1) is 13.7. The number of urea groups is 1. The molecule has 1 aromatic heterocycles. The highest BCUT2D eigenvalue weighted by atomic mass is 16.6. The van der Waals surface area contributed by atoms with Crippen LogP contribution in [0.2, 0.25) is 0 Å². The number of amides is 2. The lowest BCUT2D eigenvalue weighted by atomic mass is 9.99. The number of likely N-dealkylation sites (tertiary alicyclic amines) is 1. The second-order valence-electron chi connectivity index (χ2n) is 7.37. The number of hydrogen-bond acceptors (Lipinski definition) is 5. The van der Waals surface area contributed by atoms with Crippen molar-refractivity contribution in [2.45, 2.75) is 18.9 Å². The van der Waals surface area contributed by atoms with E-state index in [1.807, 2.05) is 18.2 Å². The number of nitrogens with one attached hydrogen (secondary N) is 1. The van der Waals surface area contributed by atoms with E-state index in [0.29, 0.717) is 24.5 Å². The van der Waals surface area contributed by atoms with Crippen molar-refractivity contribution in [3.8, 4) is 0 Å². The zero-order valence-electron chi connectivity index (χ0n) is 16.0. The summed E-state index contributed by atoms with van der Waals surface area (Å²) in [7, 11) is 1.79. The number of benzene rings is 2. The van der Waals surface area contributed by atoms with Gasteiger partial charge in [-0.25, -0.2) is 9.42 Å². The molecule has 0 bridgehead atoms. The standard InChI is InChI=1S/C21H25N5O2/c1-25(14-16-7-8-19-20(13-16)24-28-23-19)21(27)22-10-12-26-11-9-18(15-26)17-5-3-2-4-6-17/h2-8,13,18H,9-12,14-15H2,1H3,(H,22,27). The Balaban J connectivity index is 1.21. The molecular weight excluding hydrogens is 354 g/mol. The normalized spacial score (nSPS) is 17.1. The van der Waals surface area contributed by atoms with Crippen molar-refractivity contribution in [2.75, 3.05) is 33.2 Å². The Kier molecular flexibility index (Phi) is 5.53. The molecule has 0 aliphatic carbocycles. The molecule has 2 heterocycles. The quantitative estimate of drug-likeness (QED) is 0.713. The summed E-state index contributed by atoms with van der Waals surface area (Å²) >= 11 is 0. The van der Waals surface area contributed by atoms with E-state index >= 15 is 0 Å². The SMILES string of the molecule is CN(Cc1ccc2nonc2c1)C(=O)NCCN1CCC(c2ccccc2)C1. The first-order valence-electron chi connectivity index (χ1n) is 9.66. The summed E-state index contributed by atoms with van der Waals surface area (Å²) in [6.45, 7) is 4.17. The number of aromatic nitrogens is 2. The van der Waals surface area contributed by atoms with Crippen LogP contribution in [0.15, 0.2) is 53.2 Å². The molecule has 4 rings (SSSR count). The number of hydrogen-bond donors (Lipinski definition) is 1. The minimum absolute atomic E-state index is 0.0721. The fraction of sp³-hybridized carbons (Fsp3) is 0.381. The van der Waals surface area contributed by atoms with Crippen molar-refractivity contribution in [3.05, 3.63) is 59.7 Å². The van der Waals surface area contributed by atoms with E-state index in [-0.39, 0.29) is 6.03 Å². The summed E-state index contributed by atoms with van der Waals surface area (Å²) in [4.78, 5) is 16.5. The largest absolute Gasteiger partial charge is 0.337 e. The molecule has 1 aliphatic heterocycles. The van der Waals surface area contributed by atoms with Crippen molar-refractivity contribution in [1.29, 1.82) is 0 Å². The predicted molar refractivity (Wildman–Crippen MR) is 107 cm³/mol. The average Bonchev–Trinajstić information content (AvgIpc) is 3.37. The van der Waals surface area contributed by atoms with Crippen molar-refractivity contribution >= 4 is 17.1 Å². The Morgan fingerprint density at radius 1 is 1.21 bits per heavy atom. The molecule has 1 aliphatic rings. The van der Waals surface area contributed by atoms with Crippen molar-refractivity contribution in [3.63, 3.8) is 0 Å². The Labute approximate surface area is 164 Å². The van der Waals surface area contributed by atoms with Crippen LogP contribution in [0.4, 0.5) is 4.79 Å². The molecule has 7 heteroatoms. The van der Waals surface area contributed by atoms with Gasteiger partial charge in [-0.3, -0.25) is 0 Å². The Morgan fingerprint density at radius 3 is 2.89 bits per heavy atom. The van der Waals surface area contributed by atoms with Gasteiger partial charge in [-0.2, -0.15) is 0 Å². The van der Waals surface area contributed by atoms with Crippen LogP contribution >= 0.6 is 0 Å². The first-order valence-corrected chi connectivity index (χ1v) is 9.66. The summed E-state index contributed by atoms with van der Waals surface area (Å²) in [6.07, 6.45) is 1.18. The van der Waals surface area contributed by atoms with Gasteiger partial charge in [0.2, 0.25) is 0 Å². The zero-order valence-corrected chi connectivity index (χ0v) is 16.0. The zero-order chi connectivity index (χ0) is 19.3. The highest BCUT2D eigenvalue weighted by Gasteiger charge is 2.23. The molecule has 1 unspecified atom stereocenters. The van der Waals surface area contributed by atoms with Gasteiger partial charge in [-0.05, 0) is 52.5 Å². The van der Waals surface area contributed by atoms with Crippen LogP contribution in [0.5, 0.6) is 0 Å². The highest BCUT2D eigenvalue weighted by molar-refractivity contribution is 5.75. The van der Waals surface area contributed by atoms with Crippen LogP contribution in [-0.4, -0.2) is 59.4 Å². The van der Waals surface area contributed by atoms with Gasteiger partial charge in [0, 0.05) is 33.2 Å². The Morgan fingerprint density at radius 2 is 2.04 bits per heavy atom. The molecule has 1 fully saturated rings. The number of fused-ring (bicyclic) bond motifs is 1. The van der Waals surface area contributed by atoms with E-state index < -0.39 is 0 Å². The molecule has 146 valence electrons. The fourth-order valence-corrected chi connectivity index (χ4v) is 3.76. The molecule has 1 saturated heterocycles. The Bertz CT molecular complexity index is 927. The summed E-state index contributed by atoms with van der Waals surface area (Å²) < 4.78 is 4.71. The van der Waals surface area contributed by atoms with Crippen molar-refractivity contribution < 1.29 is 9.42 Å². The van der Waals surface area contributed by atoms with E-state index in [1.165, 1.54) is 12.0 Å². The van der Waals surface area contributed by atoms with Crippen LogP contribution in [0.3, 0.4) is 0 Å². The molecule has 2 aromatic carbocycles. The maximum absolute atomic E-state index is 12.4. The summed E-state index contributed by atoms with van der Waals surface area (Å²) in [6, 6.07) is 16.3. The third-order valence-electron chi connectivity index (χ3n) is 5.33. The molecule has 1 atom stereocenters. The smallest absolute Gasteiger partial charge is 0.317 e. The van der Waals surface area contributed by atoms with Crippen LogP contribution < -0.4 is 5.32 Å². The molecule has 0 radical (unpaired) electrons. The minimum atomic E-state index is -0.0721. The lowest BCUT2D eigenvalue weighted by Gasteiger charge is -2.20. The number of nitrogens with zero attached hydrogens (tertiary/aromatic N) is 4. The first kappa shape index (κ1) is 18.4. The lowest BCUT2D eigenvalue weighted by molar-refractivity contribution is 0.205. The molecule has 2 amide bonds. The summed E-state index contributed by atoms with van der Waals surface area (Å²) in [5, 5.41) is 10.7. The number of carbonyl (C=O) groups is 1. The monoisotopic (exact) mass is 379 g/mol. The third kappa shape index (κ3) is 4.31. The Hall–Kier alpha value is -2.93. The van der Waals surface area contributed by atoms with Crippen LogP contribution in [0.25, 0.3) is 11.0 Å². The van der Waals surface area contributed by atoms with E-state index in [9.17, 15) is 4.79 Å². The number of carbonyl (C=O) groups excluding carboxylic acids is 1. The third-order valence-corrected chi connectivity index (χ3v) is 5.33. The summed E-state index contributed by atoms with van der Waals surface area (Å²) in [5.74, 6) is 0.598. The molecular formula is C21H25N5O2. The molecule has 3 aromatic rings. The van der Waals surface area contributed by atoms with Crippen LogP contribution in [0.1, 0.15) is 23.5 Å². The summed E-state index contributed by atoms with van der Waals surface area (Å²) in [5.41, 5.74) is 3.82. The fourth-order valence-electron chi connectivity index (χ4n) is 3.76. The maximum atomic E-state index is 12.4. The predicted octanol–water partition coefficient (Wildman–Crippen LogP) is 2.85. The van der Waals surface area contributed by atoms with Gasteiger partial charge in [-0.1, -0.05) is 36.4 Å². The topological polar surface area (TPSA) is 74.5 Å². The van der Waals surface area contributed by atoms with Gasteiger partial charge in [0.05, 0.1) is 0 Å². The maximum Gasteiger partial charge on any atom is 0.317 e. The van der Waals surface area contributed by atoms with Gasteiger partial charge in [-0.15, -0.1) is 0 Å². The van der Waals surface area contributed by atoms with Gasteiger partial charge in [0.15, 0.2) is 0 Å². The van der Waals surface area contributed by atoms with Gasteiger partial charge >= 0.3 is 6.03 Å². The molecule has 28 heavy (non-hydrogen) atoms. The minimum Gasteiger partial charge on any atom is -0.337 e. The van der Waals surface area contributed by atoms with E-state index in [0.717, 1.165) is 30.7 Å². The molecule has 0 spiro atoms. The van der Waals surface area contributed by atoms with Gasteiger partial charge in [0.1, 0.15) is 11.0 Å². The van der Waals surface area contributed by atoms with E-state index in [1.54, 1.807) is 11.9 Å². The van der Waals surface area contributed by atoms with E-state index in [4.69, 9.17) is 4.63 Å². The van der Waals surface area contributed by atoms with Crippen LogP contribution in [-0.2, 0) is 6.54 Å². The van der Waals surface area contributed by atoms with E-state index in [2.05, 4.69) is 50.9 Å². The van der Waals surface area contributed by atoms with Gasteiger partial charge in [0.25, 0.3) is 0 Å².